The summed E-state index contributed by atoms with van der Waals surface area (Å²) >= 11 is 0. The number of halogens is 4. The number of aliphatic hydroxyl groups is 2. The number of hydrogen-bond donors (Lipinski definition) is 14. The molecule has 2 aliphatic rings. The van der Waals surface area contributed by atoms with Crippen molar-refractivity contribution in [2.75, 3.05) is 42.4 Å². The average molecular weight is 1240 g/mol. The van der Waals surface area contributed by atoms with Crippen molar-refractivity contribution >= 4 is 0 Å². The molecule has 0 atom stereocenters. The molecule has 8 aromatic rings. The predicted octanol–water partition coefficient (Wildman–Crippen LogP) is -4.86. The number of nitrogens with one attached hydrogen (secondary N) is 12. The molecule has 0 radical (unpaired) electrons. The molecule has 0 saturated carbocycles. The minimum absolute atomic E-state index is 0. The summed E-state index contributed by atoms with van der Waals surface area (Å²) in [7, 11) is 11.2. The maximum absolute atomic E-state index is 7.00. The Morgan fingerprint density at radius 2 is 0.357 bits per heavy atom. The van der Waals surface area contributed by atoms with Crippen LogP contribution in [0.15, 0.2) is 97.1 Å². The van der Waals surface area contributed by atoms with Crippen LogP contribution in [0.25, 0.3) is 0 Å². The van der Waals surface area contributed by atoms with Crippen LogP contribution in [-0.2, 0) is 74.0 Å². The Hall–Kier alpha value is -4.84. The highest BCUT2D eigenvalue weighted by molar-refractivity contribution is 5.38. The van der Waals surface area contributed by atoms with E-state index in [1.165, 1.54) is 111 Å². The molecule has 10 rings (SSSR count). The molecule has 0 spiro atoms. The Bertz CT molecular complexity index is 2500. The molecule has 0 unspecified atom stereocenters. The quantitative estimate of drug-likeness (QED) is 0.0730. The fraction of sp³-hybridized carbons (Fsp3) is 0.515. The first-order valence-corrected chi connectivity index (χ1v) is 30.3. The zero-order valence-corrected chi connectivity index (χ0v) is 56.0. The molecule has 2 aliphatic heterocycles. The summed E-state index contributed by atoms with van der Waals surface area (Å²) < 4.78 is 0. The second-order valence-electron chi connectivity index (χ2n) is 23.6. The monoisotopic (exact) mass is 1240 g/mol. The topological polar surface area (TPSA) is 185 Å². The molecule has 16 bridgehead atoms. The first-order valence-electron chi connectivity index (χ1n) is 30.3. The number of aromatic nitrogens is 8. The first kappa shape index (κ1) is 73.4. The van der Waals surface area contributed by atoms with Gasteiger partial charge in [-0.25, -0.2) is 0 Å². The molecule has 0 amide bonds. The zero-order valence-electron chi connectivity index (χ0n) is 53.0. The van der Waals surface area contributed by atoms with E-state index in [1.807, 2.05) is 0 Å². The minimum atomic E-state index is -0.0223. The number of quaternary nitrogens is 4. The summed E-state index contributed by atoms with van der Waals surface area (Å²) in [5.41, 5.74) is 20.9. The van der Waals surface area contributed by atoms with Crippen molar-refractivity contribution in [1.82, 2.24) is 39.9 Å². The standard InChI is InChI=1S/2C32H46N6.2CH4O.4ClH/c2*1-7-31(8-2)27-15-11-23(33-27)19-37(5)21-25-13-17-29(35-25)32(9-3,10-4)30-18-14-26(36-30)22-38(6)20-24-12-16-28(31)34-24;2*1-2;;;;/h2*11-18,33-36H,7-10,19-22H2,1-6H3;2*2H,1H3;4*1H. The van der Waals surface area contributed by atoms with Gasteiger partial charge >= 0.3 is 0 Å². The second-order valence-corrected chi connectivity index (χ2v) is 23.6. The van der Waals surface area contributed by atoms with Crippen LogP contribution in [0, 0.1) is 0 Å². The summed E-state index contributed by atoms with van der Waals surface area (Å²) in [6, 6.07) is 36.9. The SMILES string of the molecule is CCC1(CC)c2ccc([nH]2)C[NH+](C)Cc2ccc([nH]2)C(CC)(CC)c2ccc([nH]2)C[NH+](C)Cc2ccc1[nH]2.CCC1(CC)c2ccc([nH]2)C[NH+](C)Cc2ccc([nH]2)C(CC)(CC)c2ccc([nH]2)C[NH+](C)Cc2ccc1[nH]2.CO.CO.[Cl-].[Cl-].[Cl-].[Cl-]. The summed E-state index contributed by atoms with van der Waals surface area (Å²) in [6.45, 7) is 26.3. The van der Waals surface area contributed by atoms with E-state index in [1.54, 1.807) is 0 Å². The molecule has 84 heavy (non-hydrogen) atoms. The maximum Gasteiger partial charge on any atom is 0.118 e. The smallest absolute Gasteiger partial charge is 0.118 e. The van der Waals surface area contributed by atoms with Crippen molar-refractivity contribution in [2.24, 2.45) is 0 Å². The Morgan fingerprint density at radius 1 is 0.250 bits per heavy atom. The van der Waals surface area contributed by atoms with Gasteiger partial charge in [0, 0.05) is 81.4 Å². The summed E-state index contributed by atoms with van der Waals surface area (Å²) in [5, 5.41) is 14.0. The van der Waals surface area contributed by atoms with Crippen LogP contribution in [0.2, 0.25) is 0 Å². The van der Waals surface area contributed by atoms with Gasteiger partial charge in [-0.3, -0.25) is 0 Å². The lowest BCUT2D eigenvalue weighted by molar-refractivity contribution is -0.908. The average Bonchev–Trinajstić information content (AvgIpc) is 4.43. The van der Waals surface area contributed by atoms with E-state index in [4.69, 9.17) is 10.2 Å². The lowest BCUT2D eigenvalue weighted by Crippen LogP contribution is -3.06. The number of fused-ring (bicyclic) bond motifs is 16. The third kappa shape index (κ3) is 15.3. The predicted molar refractivity (Wildman–Crippen MR) is 325 cm³/mol. The molecule has 18 heteroatoms. The van der Waals surface area contributed by atoms with Gasteiger partial charge in [-0.15, -0.1) is 0 Å². The van der Waals surface area contributed by atoms with E-state index in [9.17, 15) is 0 Å². The lowest BCUT2D eigenvalue weighted by atomic mass is 9.76. The Labute approximate surface area is 527 Å². The van der Waals surface area contributed by atoms with E-state index in [-0.39, 0.29) is 71.3 Å². The molecule has 0 aromatic carbocycles. The highest BCUT2D eigenvalue weighted by atomic mass is 35.5. The molecular formula is C66H104Cl4N12O2. The van der Waals surface area contributed by atoms with Gasteiger partial charge in [0.2, 0.25) is 0 Å². The molecule has 14 nitrogen and oxygen atoms in total. The van der Waals surface area contributed by atoms with Crippen LogP contribution in [0.1, 0.15) is 198 Å². The molecule has 0 fully saturated rings. The van der Waals surface area contributed by atoms with Gasteiger partial charge in [0.15, 0.2) is 0 Å². The fourth-order valence-electron chi connectivity index (χ4n) is 14.1. The Kier molecular flexibility index (Phi) is 28.6. The van der Waals surface area contributed by atoms with Gasteiger partial charge in [0.25, 0.3) is 0 Å². The van der Waals surface area contributed by atoms with E-state index < -0.39 is 0 Å². The molecule has 14 N–H and O–H groups in total. The van der Waals surface area contributed by atoms with Gasteiger partial charge < -0.3 is 119 Å². The zero-order chi connectivity index (χ0) is 57.8. The normalized spacial score (nSPS) is 19.4. The summed E-state index contributed by atoms with van der Waals surface area (Å²) in [5.74, 6) is 0. The van der Waals surface area contributed by atoms with Crippen molar-refractivity contribution in [3.8, 4) is 0 Å². The molecule has 8 aromatic heterocycles. The third-order valence-electron chi connectivity index (χ3n) is 18.9. The highest BCUT2D eigenvalue weighted by Crippen LogP contribution is 2.41. The second kappa shape index (κ2) is 32.8. The van der Waals surface area contributed by atoms with E-state index in [2.05, 4.69) is 221 Å². The first-order chi connectivity index (χ1) is 38.7. The minimum Gasteiger partial charge on any atom is -1.00 e. The molecule has 0 aliphatic carbocycles. The number of aliphatic hydroxyl groups excluding tert-OH is 2. The van der Waals surface area contributed by atoms with Crippen LogP contribution < -0.4 is 69.2 Å². The van der Waals surface area contributed by atoms with Crippen LogP contribution in [-0.4, -0.2) is 92.5 Å². The van der Waals surface area contributed by atoms with E-state index >= 15 is 0 Å². The van der Waals surface area contributed by atoms with Crippen molar-refractivity contribution in [3.63, 3.8) is 0 Å². The van der Waals surface area contributed by atoms with Gasteiger partial charge in [-0.1, -0.05) is 55.4 Å². The summed E-state index contributed by atoms with van der Waals surface area (Å²) in [4.78, 5) is 36.6. The Balaban J connectivity index is 0.000000398. The van der Waals surface area contributed by atoms with Crippen molar-refractivity contribution in [1.29, 1.82) is 0 Å². The Morgan fingerprint density at radius 3 is 0.452 bits per heavy atom. The molecule has 0 saturated heterocycles. The van der Waals surface area contributed by atoms with E-state index in [0.717, 1.165) is 118 Å². The van der Waals surface area contributed by atoms with Gasteiger partial charge in [0.1, 0.15) is 52.4 Å². The highest BCUT2D eigenvalue weighted by Gasteiger charge is 2.38. The van der Waals surface area contributed by atoms with Crippen molar-refractivity contribution in [3.05, 3.63) is 188 Å². The lowest BCUT2D eigenvalue weighted by Gasteiger charge is -2.30. The van der Waals surface area contributed by atoms with Crippen molar-refractivity contribution < 1.29 is 79.4 Å². The van der Waals surface area contributed by atoms with E-state index in [0.29, 0.717) is 0 Å². The van der Waals surface area contributed by atoms with Crippen LogP contribution in [0.5, 0.6) is 0 Å². The number of H-pyrrole nitrogens is 8. The molecule has 10 heterocycles. The maximum atomic E-state index is 7.00. The fourth-order valence-corrected chi connectivity index (χ4v) is 14.1. The largest absolute Gasteiger partial charge is 1.00 e. The van der Waals surface area contributed by atoms with Crippen molar-refractivity contribution in [2.45, 2.75) is 181 Å². The van der Waals surface area contributed by atoms with Gasteiger partial charge in [-0.2, -0.15) is 0 Å². The van der Waals surface area contributed by atoms with Gasteiger partial charge in [0.05, 0.1) is 73.7 Å². The third-order valence-corrected chi connectivity index (χ3v) is 18.9. The van der Waals surface area contributed by atoms with Crippen LogP contribution in [0.4, 0.5) is 0 Å². The summed E-state index contributed by atoms with van der Waals surface area (Å²) in [6.07, 6.45) is 8.46. The van der Waals surface area contributed by atoms with Gasteiger partial charge in [-0.05, 0) is 148 Å². The number of rotatable bonds is 8. The van der Waals surface area contributed by atoms with Crippen LogP contribution >= 0.6 is 0 Å². The van der Waals surface area contributed by atoms with Crippen LogP contribution in [0.3, 0.4) is 0 Å². The number of aromatic amines is 8. The molecule has 468 valence electrons. The molecular weight excluding hydrogens is 1130 g/mol. The number of hydrogen-bond acceptors (Lipinski definition) is 2.